The summed E-state index contributed by atoms with van der Waals surface area (Å²) in [5.74, 6) is 0.643. The lowest BCUT2D eigenvalue weighted by molar-refractivity contribution is -0.159. The van der Waals surface area contributed by atoms with E-state index in [1.807, 2.05) is 19.0 Å². The maximum atomic E-state index is 11.6. The Hall–Kier alpha value is -0.610. The van der Waals surface area contributed by atoms with Gasteiger partial charge in [0.2, 0.25) is 5.91 Å². The lowest BCUT2D eigenvalue weighted by Crippen LogP contribution is -2.64. The summed E-state index contributed by atoms with van der Waals surface area (Å²) in [7, 11) is 3.92. The molecule has 0 aromatic carbocycles. The Morgan fingerprint density at radius 1 is 1.47 bits per heavy atom. The maximum absolute atomic E-state index is 11.6. The summed E-state index contributed by atoms with van der Waals surface area (Å²) in [4.78, 5) is 15.4. The van der Waals surface area contributed by atoms with Gasteiger partial charge in [-0.15, -0.1) is 0 Å². The van der Waals surface area contributed by atoms with Gasteiger partial charge in [0.05, 0.1) is 13.1 Å². The maximum Gasteiger partial charge on any atom is 0.224 e. The minimum Gasteiger partial charge on any atom is -0.386 e. The van der Waals surface area contributed by atoms with E-state index in [-0.39, 0.29) is 5.91 Å². The van der Waals surface area contributed by atoms with Crippen molar-refractivity contribution in [2.24, 2.45) is 5.92 Å². The van der Waals surface area contributed by atoms with Crippen molar-refractivity contribution in [3.63, 3.8) is 0 Å². The highest BCUT2D eigenvalue weighted by molar-refractivity contribution is 5.77. The molecule has 0 aromatic rings. The molecule has 1 saturated heterocycles. The molecule has 15 heavy (non-hydrogen) atoms. The number of hydrogen-bond donors (Lipinski definition) is 1. The van der Waals surface area contributed by atoms with Gasteiger partial charge in [-0.2, -0.15) is 0 Å². The number of amides is 1. The molecule has 0 bridgehead atoms. The van der Waals surface area contributed by atoms with Crippen LogP contribution in [0.5, 0.6) is 0 Å². The van der Waals surface area contributed by atoms with Gasteiger partial charge in [0.25, 0.3) is 0 Å². The van der Waals surface area contributed by atoms with Crippen molar-refractivity contribution in [2.45, 2.75) is 24.9 Å². The van der Waals surface area contributed by atoms with Crippen LogP contribution in [0.1, 0.15) is 19.3 Å². The summed E-state index contributed by atoms with van der Waals surface area (Å²) < 4.78 is 0. The highest BCUT2D eigenvalue weighted by atomic mass is 16.3. The van der Waals surface area contributed by atoms with Gasteiger partial charge in [-0.1, -0.05) is 0 Å². The lowest BCUT2D eigenvalue weighted by atomic mass is 9.88. The molecule has 0 unspecified atom stereocenters. The molecule has 1 N–H and O–H groups in total. The Bertz CT molecular complexity index is 255. The molecule has 1 amide bonds. The van der Waals surface area contributed by atoms with Crippen LogP contribution in [0.25, 0.3) is 0 Å². The van der Waals surface area contributed by atoms with Crippen LogP contribution < -0.4 is 0 Å². The van der Waals surface area contributed by atoms with Gasteiger partial charge in [-0.05, 0) is 32.9 Å². The summed E-state index contributed by atoms with van der Waals surface area (Å²) >= 11 is 0. The SMILES string of the molecule is CN(C)CCC(=O)N1CC(O)(C2CC2)C1. The van der Waals surface area contributed by atoms with E-state index in [0.29, 0.717) is 25.4 Å². The number of β-amino-alcohol motifs (C(OH)–C–C–N with tert-alkyl or cyclic N) is 1. The van der Waals surface area contributed by atoms with E-state index >= 15 is 0 Å². The van der Waals surface area contributed by atoms with Crippen molar-refractivity contribution in [1.82, 2.24) is 9.80 Å². The topological polar surface area (TPSA) is 43.8 Å². The first-order valence-corrected chi connectivity index (χ1v) is 5.66. The van der Waals surface area contributed by atoms with Crippen LogP contribution in [0.15, 0.2) is 0 Å². The quantitative estimate of drug-likeness (QED) is 0.709. The standard InChI is InChI=1S/C11H20N2O2/c1-12(2)6-5-10(14)13-7-11(15,8-13)9-3-4-9/h9,15H,3-8H2,1-2H3. The molecule has 0 atom stereocenters. The monoisotopic (exact) mass is 212 g/mol. The Morgan fingerprint density at radius 3 is 2.53 bits per heavy atom. The predicted octanol–water partition coefficient (Wildman–Crippen LogP) is -0.0786. The molecule has 4 heteroatoms. The normalized spacial score (nSPS) is 24.1. The van der Waals surface area contributed by atoms with E-state index in [9.17, 15) is 9.90 Å². The fourth-order valence-corrected chi connectivity index (χ4v) is 2.15. The Balaban J connectivity index is 1.71. The summed E-state index contributed by atoms with van der Waals surface area (Å²) in [6, 6.07) is 0. The van der Waals surface area contributed by atoms with Crippen LogP contribution in [0.4, 0.5) is 0 Å². The summed E-state index contributed by atoms with van der Waals surface area (Å²) in [5, 5.41) is 10.0. The van der Waals surface area contributed by atoms with E-state index in [1.165, 1.54) is 0 Å². The highest BCUT2D eigenvalue weighted by Gasteiger charge is 2.52. The number of likely N-dealkylation sites (tertiary alicyclic amines) is 1. The van der Waals surface area contributed by atoms with Crippen LogP contribution in [0.2, 0.25) is 0 Å². The Labute approximate surface area is 90.9 Å². The van der Waals surface area contributed by atoms with Gasteiger partial charge in [-0.25, -0.2) is 0 Å². The lowest BCUT2D eigenvalue weighted by Gasteiger charge is -2.47. The first-order chi connectivity index (χ1) is 7.01. The molecule has 0 aromatic heterocycles. The molecule has 2 aliphatic rings. The molecule has 1 saturated carbocycles. The number of hydrogen-bond acceptors (Lipinski definition) is 3. The third-order valence-corrected chi connectivity index (χ3v) is 3.39. The van der Waals surface area contributed by atoms with Crippen LogP contribution >= 0.6 is 0 Å². The van der Waals surface area contributed by atoms with Gasteiger partial charge in [0.15, 0.2) is 0 Å². The van der Waals surface area contributed by atoms with E-state index in [4.69, 9.17) is 0 Å². The second-order valence-electron chi connectivity index (χ2n) is 5.18. The zero-order valence-electron chi connectivity index (χ0n) is 9.57. The molecule has 1 aliphatic carbocycles. The molecular formula is C11H20N2O2. The molecular weight excluding hydrogens is 192 g/mol. The third-order valence-electron chi connectivity index (χ3n) is 3.39. The van der Waals surface area contributed by atoms with Gasteiger partial charge < -0.3 is 14.9 Å². The Kier molecular flexibility index (Phi) is 2.73. The fourth-order valence-electron chi connectivity index (χ4n) is 2.15. The van der Waals surface area contributed by atoms with Crippen LogP contribution in [0.3, 0.4) is 0 Å². The largest absolute Gasteiger partial charge is 0.386 e. The first kappa shape index (κ1) is 10.9. The molecule has 1 aliphatic heterocycles. The van der Waals surface area contributed by atoms with Crippen molar-refractivity contribution in [2.75, 3.05) is 33.7 Å². The van der Waals surface area contributed by atoms with Crippen LogP contribution in [-0.2, 0) is 4.79 Å². The summed E-state index contributed by atoms with van der Waals surface area (Å²) in [5.41, 5.74) is -0.534. The van der Waals surface area contributed by atoms with Crippen molar-refractivity contribution in [1.29, 1.82) is 0 Å². The molecule has 0 spiro atoms. The smallest absolute Gasteiger partial charge is 0.224 e. The predicted molar refractivity (Wildman–Crippen MR) is 57.4 cm³/mol. The third kappa shape index (κ3) is 2.32. The minimum absolute atomic E-state index is 0.175. The van der Waals surface area contributed by atoms with E-state index in [1.54, 1.807) is 4.90 Å². The molecule has 2 rings (SSSR count). The minimum atomic E-state index is -0.534. The highest BCUT2D eigenvalue weighted by Crippen LogP contribution is 2.44. The average molecular weight is 212 g/mol. The van der Waals surface area contributed by atoms with E-state index < -0.39 is 5.60 Å². The van der Waals surface area contributed by atoms with Crippen LogP contribution in [0, 0.1) is 5.92 Å². The van der Waals surface area contributed by atoms with E-state index in [0.717, 1.165) is 19.4 Å². The van der Waals surface area contributed by atoms with Gasteiger partial charge in [0, 0.05) is 13.0 Å². The molecule has 86 valence electrons. The molecule has 1 heterocycles. The number of carbonyl (C=O) groups excluding carboxylic acids is 1. The molecule has 2 fully saturated rings. The number of rotatable bonds is 4. The zero-order chi connectivity index (χ0) is 11.1. The van der Waals surface area contributed by atoms with E-state index in [2.05, 4.69) is 0 Å². The van der Waals surface area contributed by atoms with Crippen molar-refractivity contribution < 1.29 is 9.90 Å². The number of nitrogens with zero attached hydrogens (tertiary/aromatic N) is 2. The number of carbonyl (C=O) groups is 1. The summed E-state index contributed by atoms with van der Waals surface area (Å²) in [6.07, 6.45) is 2.83. The first-order valence-electron chi connectivity index (χ1n) is 5.66. The van der Waals surface area contributed by atoms with Crippen molar-refractivity contribution >= 4 is 5.91 Å². The van der Waals surface area contributed by atoms with Gasteiger partial charge >= 0.3 is 0 Å². The van der Waals surface area contributed by atoms with Crippen molar-refractivity contribution in [3.05, 3.63) is 0 Å². The number of aliphatic hydroxyl groups is 1. The average Bonchev–Trinajstić information content (AvgIpc) is 2.91. The molecule has 0 radical (unpaired) electrons. The van der Waals surface area contributed by atoms with Gasteiger partial charge in [-0.3, -0.25) is 4.79 Å². The second kappa shape index (κ2) is 3.76. The molecule has 4 nitrogen and oxygen atoms in total. The van der Waals surface area contributed by atoms with Crippen molar-refractivity contribution in [3.8, 4) is 0 Å². The fraction of sp³-hybridized carbons (Fsp3) is 0.909. The van der Waals surface area contributed by atoms with Crippen LogP contribution in [-0.4, -0.2) is 60.1 Å². The van der Waals surface area contributed by atoms with Gasteiger partial charge in [0.1, 0.15) is 5.60 Å². The summed E-state index contributed by atoms with van der Waals surface area (Å²) in [6.45, 7) is 1.91. The second-order valence-corrected chi connectivity index (χ2v) is 5.18. The Morgan fingerprint density at radius 2 is 2.07 bits per heavy atom. The zero-order valence-corrected chi connectivity index (χ0v) is 9.57.